The minimum atomic E-state index is -3.72. The number of nitrogens with two attached hydrogens (primary N) is 1. The zero-order valence-electron chi connectivity index (χ0n) is 10.5. The number of hydrogen-bond acceptors (Lipinski definition) is 6. The van der Waals surface area contributed by atoms with Gasteiger partial charge in [-0.2, -0.15) is 0 Å². The molecule has 3 N–H and O–H groups in total. The Bertz CT molecular complexity index is 694. The summed E-state index contributed by atoms with van der Waals surface area (Å²) in [4.78, 5) is 0.0475. The first kappa shape index (κ1) is 13.8. The van der Waals surface area contributed by atoms with E-state index in [0.717, 1.165) is 10.6 Å². The van der Waals surface area contributed by atoms with Crippen LogP contribution in [0.4, 0.5) is 10.8 Å². The van der Waals surface area contributed by atoms with Gasteiger partial charge in [0, 0.05) is 0 Å². The van der Waals surface area contributed by atoms with Crippen LogP contribution in [0, 0.1) is 6.92 Å². The Labute approximate surface area is 115 Å². The Kier molecular flexibility index (Phi) is 3.72. The number of rotatable bonds is 4. The van der Waals surface area contributed by atoms with Crippen LogP contribution < -0.4 is 10.5 Å². The summed E-state index contributed by atoms with van der Waals surface area (Å²) in [6, 6.07) is 4.80. The van der Waals surface area contributed by atoms with Gasteiger partial charge >= 0.3 is 0 Å². The number of anilines is 2. The molecule has 102 valence electrons. The lowest BCUT2D eigenvalue weighted by molar-refractivity contribution is 0.601. The second kappa shape index (κ2) is 5.14. The number of sulfonamides is 1. The van der Waals surface area contributed by atoms with Gasteiger partial charge < -0.3 is 5.73 Å². The van der Waals surface area contributed by atoms with E-state index in [-0.39, 0.29) is 15.7 Å². The molecule has 0 bridgehead atoms. The number of aryl methyl sites for hydroxylation is 2. The molecule has 0 spiro atoms. The van der Waals surface area contributed by atoms with E-state index >= 15 is 0 Å². The van der Waals surface area contributed by atoms with Crippen molar-refractivity contribution >= 4 is 32.2 Å². The van der Waals surface area contributed by atoms with E-state index in [1.807, 2.05) is 13.8 Å². The third kappa shape index (κ3) is 3.02. The molecule has 1 aromatic heterocycles. The highest BCUT2D eigenvalue weighted by Crippen LogP contribution is 2.24. The van der Waals surface area contributed by atoms with Gasteiger partial charge in [0.2, 0.25) is 5.13 Å². The van der Waals surface area contributed by atoms with E-state index in [1.165, 1.54) is 17.4 Å². The fourth-order valence-electron chi connectivity index (χ4n) is 1.52. The van der Waals surface area contributed by atoms with Crippen LogP contribution in [0.1, 0.15) is 17.5 Å². The minimum Gasteiger partial charge on any atom is -0.398 e. The summed E-state index contributed by atoms with van der Waals surface area (Å²) in [5, 5.41) is 8.66. The normalized spacial score (nSPS) is 11.5. The van der Waals surface area contributed by atoms with E-state index < -0.39 is 10.0 Å². The van der Waals surface area contributed by atoms with Gasteiger partial charge in [0.15, 0.2) is 0 Å². The molecule has 8 heteroatoms. The third-order valence-electron chi connectivity index (χ3n) is 2.45. The molecule has 19 heavy (non-hydrogen) atoms. The summed E-state index contributed by atoms with van der Waals surface area (Å²) in [5.74, 6) is 0. The number of hydrogen-bond donors (Lipinski definition) is 2. The fraction of sp³-hybridized carbons (Fsp3) is 0.273. The van der Waals surface area contributed by atoms with Gasteiger partial charge in [0.1, 0.15) is 9.90 Å². The van der Waals surface area contributed by atoms with Crippen LogP contribution in [-0.2, 0) is 16.4 Å². The predicted octanol–water partition coefficient (Wildman–Crippen LogP) is 1.79. The lowest BCUT2D eigenvalue weighted by Crippen LogP contribution is -2.14. The average Bonchev–Trinajstić information content (AvgIpc) is 2.75. The van der Waals surface area contributed by atoms with Gasteiger partial charge in [-0.25, -0.2) is 8.42 Å². The summed E-state index contributed by atoms with van der Waals surface area (Å²) in [5.41, 5.74) is 6.86. The lowest BCUT2D eigenvalue weighted by Gasteiger charge is -2.08. The van der Waals surface area contributed by atoms with Crippen molar-refractivity contribution in [2.24, 2.45) is 0 Å². The highest BCUT2D eigenvalue weighted by molar-refractivity contribution is 7.93. The Balaban J connectivity index is 2.32. The first-order chi connectivity index (χ1) is 8.92. The zero-order chi connectivity index (χ0) is 14.0. The SMILES string of the molecule is CCc1nnc(NS(=O)(=O)c2ccc(C)cc2N)s1. The molecule has 0 aliphatic heterocycles. The van der Waals surface area contributed by atoms with Crippen molar-refractivity contribution in [2.75, 3.05) is 10.5 Å². The van der Waals surface area contributed by atoms with Crippen molar-refractivity contribution in [2.45, 2.75) is 25.2 Å². The van der Waals surface area contributed by atoms with E-state index in [0.29, 0.717) is 6.42 Å². The van der Waals surface area contributed by atoms with Crippen LogP contribution >= 0.6 is 11.3 Å². The highest BCUT2D eigenvalue weighted by atomic mass is 32.2. The standard InChI is InChI=1S/C11H14N4O2S2/c1-3-10-13-14-11(18-10)15-19(16,17)9-5-4-7(2)6-8(9)12/h4-6H,3,12H2,1-2H3,(H,14,15). The molecule has 2 rings (SSSR count). The second-order valence-electron chi connectivity index (χ2n) is 4.00. The molecule has 0 radical (unpaired) electrons. The zero-order valence-corrected chi connectivity index (χ0v) is 12.2. The van der Waals surface area contributed by atoms with Crippen LogP contribution in [0.5, 0.6) is 0 Å². The molecule has 1 heterocycles. The first-order valence-electron chi connectivity index (χ1n) is 5.63. The molecule has 2 aromatic rings. The molecule has 0 fully saturated rings. The number of nitrogens with one attached hydrogen (secondary N) is 1. The van der Waals surface area contributed by atoms with Crippen molar-refractivity contribution in [3.63, 3.8) is 0 Å². The van der Waals surface area contributed by atoms with Gasteiger partial charge in [-0.1, -0.05) is 24.3 Å². The lowest BCUT2D eigenvalue weighted by atomic mass is 10.2. The van der Waals surface area contributed by atoms with Crippen LogP contribution in [0.15, 0.2) is 23.1 Å². The van der Waals surface area contributed by atoms with Crippen molar-refractivity contribution in [3.8, 4) is 0 Å². The first-order valence-corrected chi connectivity index (χ1v) is 7.93. The van der Waals surface area contributed by atoms with Crippen LogP contribution in [0.3, 0.4) is 0 Å². The van der Waals surface area contributed by atoms with E-state index in [4.69, 9.17) is 5.73 Å². The second-order valence-corrected chi connectivity index (χ2v) is 6.71. The van der Waals surface area contributed by atoms with Gasteiger partial charge in [-0.3, -0.25) is 4.72 Å². The molecule has 6 nitrogen and oxygen atoms in total. The summed E-state index contributed by atoms with van der Waals surface area (Å²) in [7, 11) is -3.72. The highest BCUT2D eigenvalue weighted by Gasteiger charge is 2.19. The van der Waals surface area contributed by atoms with Crippen molar-refractivity contribution < 1.29 is 8.42 Å². The number of benzene rings is 1. The Morgan fingerprint density at radius 2 is 2.11 bits per heavy atom. The molecular weight excluding hydrogens is 284 g/mol. The van der Waals surface area contributed by atoms with Crippen molar-refractivity contribution in [1.82, 2.24) is 10.2 Å². The smallest absolute Gasteiger partial charge is 0.265 e. The van der Waals surface area contributed by atoms with Crippen LogP contribution in [0.2, 0.25) is 0 Å². The minimum absolute atomic E-state index is 0.0475. The largest absolute Gasteiger partial charge is 0.398 e. The molecule has 0 aliphatic carbocycles. The van der Waals surface area contributed by atoms with Crippen molar-refractivity contribution in [1.29, 1.82) is 0 Å². The summed E-state index contributed by atoms with van der Waals surface area (Å²) in [6.07, 6.45) is 0.714. The maximum Gasteiger partial charge on any atom is 0.265 e. The maximum absolute atomic E-state index is 12.2. The quantitative estimate of drug-likeness (QED) is 0.839. The molecule has 0 atom stereocenters. The van der Waals surface area contributed by atoms with Crippen LogP contribution in [0.25, 0.3) is 0 Å². The van der Waals surface area contributed by atoms with Gasteiger partial charge in [0.25, 0.3) is 10.0 Å². The number of aromatic nitrogens is 2. The molecule has 1 aromatic carbocycles. The molecular formula is C11H14N4O2S2. The monoisotopic (exact) mass is 298 g/mol. The summed E-state index contributed by atoms with van der Waals surface area (Å²) >= 11 is 1.21. The van der Waals surface area contributed by atoms with E-state index in [9.17, 15) is 8.42 Å². The molecule has 0 saturated heterocycles. The Hall–Kier alpha value is -1.67. The van der Waals surface area contributed by atoms with E-state index in [2.05, 4.69) is 14.9 Å². The molecule has 0 aliphatic rings. The predicted molar refractivity (Wildman–Crippen MR) is 75.7 cm³/mol. The van der Waals surface area contributed by atoms with Gasteiger partial charge in [-0.15, -0.1) is 10.2 Å². The summed E-state index contributed by atoms with van der Waals surface area (Å²) < 4.78 is 26.7. The van der Waals surface area contributed by atoms with Crippen LogP contribution in [-0.4, -0.2) is 18.6 Å². The Morgan fingerprint density at radius 1 is 1.37 bits per heavy atom. The molecule has 0 amide bonds. The maximum atomic E-state index is 12.2. The third-order valence-corrected chi connectivity index (χ3v) is 4.97. The average molecular weight is 298 g/mol. The number of nitrogens with zero attached hydrogens (tertiary/aromatic N) is 2. The van der Waals surface area contributed by atoms with Crippen molar-refractivity contribution in [3.05, 3.63) is 28.8 Å². The van der Waals surface area contributed by atoms with Gasteiger partial charge in [0.05, 0.1) is 5.69 Å². The molecule has 0 saturated carbocycles. The summed E-state index contributed by atoms with van der Waals surface area (Å²) in [6.45, 7) is 3.77. The number of nitrogen functional groups attached to an aromatic ring is 1. The topological polar surface area (TPSA) is 98.0 Å². The molecule has 0 unspecified atom stereocenters. The fourth-order valence-corrected chi connectivity index (χ4v) is 3.54. The van der Waals surface area contributed by atoms with E-state index in [1.54, 1.807) is 12.1 Å². The van der Waals surface area contributed by atoms with Gasteiger partial charge in [-0.05, 0) is 31.0 Å². The Morgan fingerprint density at radius 3 is 2.68 bits per heavy atom.